The fourth-order valence-electron chi connectivity index (χ4n) is 2.59. The molecular weight excluding hydrogens is 336 g/mol. The first kappa shape index (κ1) is 19.8. The summed E-state index contributed by atoms with van der Waals surface area (Å²) < 4.78 is 10.2. The summed E-state index contributed by atoms with van der Waals surface area (Å²) in [6, 6.07) is 9.00. The molecule has 1 aromatic rings. The van der Waals surface area contributed by atoms with Crippen LogP contribution in [0.2, 0.25) is 0 Å². The largest absolute Gasteiger partial charge is 0.467 e. The van der Waals surface area contributed by atoms with Crippen LogP contribution >= 0.6 is 0 Å². The Hall–Kier alpha value is -2.57. The van der Waals surface area contributed by atoms with Gasteiger partial charge in [0.05, 0.1) is 19.4 Å². The second kappa shape index (κ2) is 8.69. The van der Waals surface area contributed by atoms with Gasteiger partial charge in [-0.3, -0.25) is 4.90 Å². The van der Waals surface area contributed by atoms with Crippen molar-refractivity contribution in [3.05, 3.63) is 35.9 Å². The lowest BCUT2D eigenvalue weighted by atomic mass is 10.0. The summed E-state index contributed by atoms with van der Waals surface area (Å²) >= 11 is 0. The lowest BCUT2D eigenvalue weighted by Crippen LogP contribution is -2.52. The molecule has 0 spiro atoms. The molecule has 0 N–H and O–H groups in total. The lowest BCUT2D eigenvalue weighted by Gasteiger charge is -2.35. The predicted octanol–water partition coefficient (Wildman–Crippen LogP) is 3.13. The number of methoxy groups -OCH3 is 1. The minimum absolute atomic E-state index is 0.170. The van der Waals surface area contributed by atoms with Gasteiger partial charge in [0.2, 0.25) is 0 Å². The SMILES string of the molecule is COC(=O)[C@H]1CCC(=NOCc2ccccc2)CN1C(=O)OC(C)(C)C. The van der Waals surface area contributed by atoms with Crippen LogP contribution in [0.25, 0.3) is 0 Å². The molecule has 7 nitrogen and oxygen atoms in total. The number of hydrogen-bond acceptors (Lipinski definition) is 6. The van der Waals surface area contributed by atoms with E-state index in [2.05, 4.69) is 5.16 Å². The molecule has 0 saturated carbocycles. The van der Waals surface area contributed by atoms with Crippen LogP contribution in [-0.4, -0.2) is 48.0 Å². The second-order valence-electron chi connectivity index (χ2n) is 7.10. The van der Waals surface area contributed by atoms with Crippen LogP contribution in [-0.2, 0) is 25.7 Å². The molecular formula is C19H26N2O5. The van der Waals surface area contributed by atoms with E-state index in [-0.39, 0.29) is 6.54 Å². The molecule has 1 aliphatic rings. The third kappa shape index (κ3) is 5.75. The average Bonchev–Trinajstić information content (AvgIpc) is 2.60. The molecule has 1 heterocycles. The highest BCUT2D eigenvalue weighted by molar-refractivity contribution is 5.93. The summed E-state index contributed by atoms with van der Waals surface area (Å²) in [4.78, 5) is 31.3. The van der Waals surface area contributed by atoms with Crippen LogP contribution in [0.5, 0.6) is 0 Å². The maximum absolute atomic E-state index is 12.5. The van der Waals surface area contributed by atoms with Crippen LogP contribution < -0.4 is 0 Å². The summed E-state index contributed by atoms with van der Waals surface area (Å²) in [6.07, 6.45) is 0.399. The van der Waals surface area contributed by atoms with Gasteiger partial charge in [-0.1, -0.05) is 35.5 Å². The van der Waals surface area contributed by atoms with Gasteiger partial charge >= 0.3 is 12.1 Å². The van der Waals surface area contributed by atoms with Gasteiger partial charge in [-0.15, -0.1) is 0 Å². The van der Waals surface area contributed by atoms with Crippen molar-refractivity contribution in [3.63, 3.8) is 0 Å². The summed E-state index contributed by atoms with van der Waals surface area (Å²) in [7, 11) is 1.31. The number of hydrogen-bond donors (Lipinski definition) is 0. The number of carbonyl (C=O) groups is 2. The van der Waals surface area contributed by atoms with E-state index < -0.39 is 23.7 Å². The van der Waals surface area contributed by atoms with Crippen molar-refractivity contribution in [1.29, 1.82) is 0 Å². The summed E-state index contributed by atoms with van der Waals surface area (Å²) in [5.41, 5.74) is 1.03. The monoisotopic (exact) mass is 362 g/mol. The van der Waals surface area contributed by atoms with Crippen molar-refractivity contribution in [1.82, 2.24) is 4.90 Å². The normalized spacial score (nSPS) is 19.2. The smallest absolute Gasteiger partial charge is 0.411 e. The second-order valence-corrected chi connectivity index (χ2v) is 7.10. The molecule has 1 fully saturated rings. The first-order valence-corrected chi connectivity index (χ1v) is 8.59. The molecule has 0 aromatic heterocycles. The fourth-order valence-corrected chi connectivity index (χ4v) is 2.59. The molecule has 26 heavy (non-hydrogen) atoms. The highest BCUT2D eigenvalue weighted by Gasteiger charge is 2.37. The fraction of sp³-hybridized carbons (Fsp3) is 0.526. The quantitative estimate of drug-likeness (QED) is 0.607. The van der Waals surface area contributed by atoms with Gasteiger partial charge < -0.3 is 14.3 Å². The molecule has 1 saturated heterocycles. The first-order valence-electron chi connectivity index (χ1n) is 8.59. The molecule has 0 bridgehead atoms. The zero-order valence-electron chi connectivity index (χ0n) is 15.7. The zero-order chi connectivity index (χ0) is 19.2. The van der Waals surface area contributed by atoms with Gasteiger partial charge in [0, 0.05) is 0 Å². The Morgan fingerprint density at radius 2 is 1.92 bits per heavy atom. The molecule has 0 radical (unpaired) electrons. The van der Waals surface area contributed by atoms with E-state index in [1.807, 2.05) is 30.3 Å². The van der Waals surface area contributed by atoms with Crippen LogP contribution in [0.3, 0.4) is 0 Å². The van der Waals surface area contributed by atoms with E-state index in [1.54, 1.807) is 20.8 Å². The van der Waals surface area contributed by atoms with Gasteiger partial charge in [0.15, 0.2) is 0 Å². The van der Waals surface area contributed by atoms with Crippen LogP contribution in [0.1, 0.15) is 39.2 Å². The molecule has 1 atom stereocenters. The zero-order valence-corrected chi connectivity index (χ0v) is 15.7. The van der Waals surface area contributed by atoms with Crippen LogP contribution in [0.4, 0.5) is 4.79 Å². The molecule has 0 aliphatic carbocycles. The number of oxime groups is 1. The topological polar surface area (TPSA) is 77.4 Å². The first-order chi connectivity index (χ1) is 12.3. The average molecular weight is 362 g/mol. The highest BCUT2D eigenvalue weighted by atomic mass is 16.6. The third-order valence-electron chi connectivity index (χ3n) is 3.80. The Labute approximate surface area is 153 Å². The van der Waals surface area contributed by atoms with Crippen molar-refractivity contribution >= 4 is 17.8 Å². The Balaban J connectivity index is 2.04. The summed E-state index contributed by atoms with van der Waals surface area (Å²) in [6.45, 7) is 5.85. The van der Waals surface area contributed by atoms with E-state index in [0.29, 0.717) is 25.2 Å². The molecule has 2 rings (SSSR count). The third-order valence-corrected chi connectivity index (χ3v) is 3.80. The van der Waals surface area contributed by atoms with E-state index in [0.717, 1.165) is 5.56 Å². The maximum Gasteiger partial charge on any atom is 0.411 e. The van der Waals surface area contributed by atoms with Crippen LogP contribution in [0, 0.1) is 0 Å². The van der Waals surface area contributed by atoms with Crippen molar-refractivity contribution in [2.24, 2.45) is 5.16 Å². The van der Waals surface area contributed by atoms with Gasteiger partial charge in [0.1, 0.15) is 18.2 Å². The van der Waals surface area contributed by atoms with Crippen molar-refractivity contribution in [3.8, 4) is 0 Å². The number of piperidine rings is 1. The van der Waals surface area contributed by atoms with Crippen LogP contribution in [0.15, 0.2) is 35.5 Å². The summed E-state index contributed by atoms with van der Waals surface area (Å²) in [5, 5.41) is 4.14. The van der Waals surface area contributed by atoms with Crippen molar-refractivity contribution in [2.75, 3.05) is 13.7 Å². The van der Waals surface area contributed by atoms with Gasteiger partial charge in [-0.05, 0) is 39.2 Å². The number of ether oxygens (including phenoxy) is 2. The number of benzene rings is 1. The van der Waals surface area contributed by atoms with Gasteiger partial charge in [-0.2, -0.15) is 0 Å². The number of rotatable bonds is 4. The Kier molecular flexibility index (Phi) is 6.60. The summed E-state index contributed by atoms with van der Waals surface area (Å²) in [5.74, 6) is -0.458. The van der Waals surface area contributed by atoms with Gasteiger partial charge in [0.25, 0.3) is 0 Å². The van der Waals surface area contributed by atoms with E-state index in [1.165, 1.54) is 12.0 Å². The molecule has 142 valence electrons. The highest BCUT2D eigenvalue weighted by Crippen LogP contribution is 2.21. The van der Waals surface area contributed by atoms with E-state index >= 15 is 0 Å². The number of carbonyl (C=O) groups excluding carboxylic acids is 2. The van der Waals surface area contributed by atoms with Crippen molar-refractivity contribution in [2.45, 2.75) is 51.9 Å². The number of esters is 1. The maximum atomic E-state index is 12.5. The van der Waals surface area contributed by atoms with Crippen molar-refractivity contribution < 1.29 is 23.9 Å². The van der Waals surface area contributed by atoms with E-state index in [9.17, 15) is 9.59 Å². The van der Waals surface area contributed by atoms with Gasteiger partial charge in [-0.25, -0.2) is 9.59 Å². The lowest BCUT2D eigenvalue weighted by molar-refractivity contribution is -0.147. The predicted molar refractivity (Wildman–Crippen MR) is 96.6 cm³/mol. The molecule has 7 heteroatoms. The standard InChI is InChI=1S/C19H26N2O5/c1-19(2,3)26-18(23)21-12-15(10-11-16(21)17(22)24-4)20-25-13-14-8-6-5-7-9-14/h5-9,16H,10-13H2,1-4H3/t16-/m1/s1. The minimum Gasteiger partial charge on any atom is -0.467 e. The molecule has 1 aliphatic heterocycles. The Morgan fingerprint density at radius 3 is 2.54 bits per heavy atom. The number of nitrogens with zero attached hydrogens (tertiary/aromatic N) is 2. The number of likely N-dealkylation sites (tertiary alicyclic amines) is 1. The minimum atomic E-state index is -0.678. The molecule has 0 unspecified atom stereocenters. The number of amides is 1. The Bertz CT molecular complexity index is 652. The molecule has 1 amide bonds. The van der Waals surface area contributed by atoms with E-state index in [4.69, 9.17) is 14.3 Å². The molecule has 1 aromatic carbocycles. The Morgan fingerprint density at radius 1 is 1.23 bits per heavy atom.